The number of aromatic nitrogens is 3. The number of thiophene rings is 1. The summed E-state index contributed by atoms with van der Waals surface area (Å²) < 4.78 is 20.8. The Hall–Kier alpha value is -3.76. The van der Waals surface area contributed by atoms with Gasteiger partial charge in [-0.05, 0) is 54.4 Å². The zero-order valence-corrected chi connectivity index (χ0v) is 21.1. The maximum Gasteiger partial charge on any atom is 0.272 e. The standard InChI is InChI=1S/C26H21FN4O3S2/c1-15-5-10-20(34-2)19(12-15)29-21(32)14-35-26-30-22-18-4-3-11-28-24(18)36-23(22)25(33)31(26)13-16-6-8-17(27)9-7-16/h3-12H,13-14H2,1-2H3,(H,29,32). The molecule has 0 fully saturated rings. The van der Waals surface area contributed by atoms with Crippen LogP contribution in [0.15, 0.2) is 70.7 Å². The molecule has 2 aromatic carbocycles. The van der Waals surface area contributed by atoms with E-state index in [0.717, 1.165) is 33.1 Å². The van der Waals surface area contributed by atoms with E-state index in [0.29, 0.717) is 26.8 Å². The molecule has 0 aliphatic rings. The second kappa shape index (κ2) is 10.1. The lowest BCUT2D eigenvalue weighted by molar-refractivity contribution is -0.113. The zero-order chi connectivity index (χ0) is 25.2. The minimum atomic E-state index is -0.354. The van der Waals surface area contributed by atoms with Crippen LogP contribution in [0, 0.1) is 12.7 Å². The SMILES string of the molecule is COc1ccc(C)cc1NC(=O)CSc1nc2c(sc3ncccc32)c(=O)n1Cc1ccc(F)cc1. The van der Waals surface area contributed by atoms with Crippen LogP contribution in [0.25, 0.3) is 20.4 Å². The van der Waals surface area contributed by atoms with Crippen molar-refractivity contribution in [3.63, 3.8) is 0 Å². The molecule has 10 heteroatoms. The van der Waals surface area contributed by atoms with Gasteiger partial charge in [0.1, 0.15) is 21.1 Å². The van der Waals surface area contributed by atoms with Gasteiger partial charge in [-0.25, -0.2) is 14.4 Å². The number of hydrogen-bond donors (Lipinski definition) is 1. The summed E-state index contributed by atoms with van der Waals surface area (Å²) in [6.45, 7) is 2.12. The third kappa shape index (κ3) is 4.82. The van der Waals surface area contributed by atoms with Crippen LogP contribution in [0.4, 0.5) is 10.1 Å². The molecule has 0 radical (unpaired) electrons. The van der Waals surface area contributed by atoms with Crippen LogP contribution in [0.1, 0.15) is 11.1 Å². The van der Waals surface area contributed by atoms with E-state index in [1.807, 2.05) is 25.1 Å². The molecule has 5 rings (SSSR count). The van der Waals surface area contributed by atoms with Crippen molar-refractivity contribution in [3.8, 4) is 5.75 Å². The van der Waals surface area contributed by atoms with E-state index >= 15 is 0 Å². The normalized spacial score (nSPS) is 11.2. The molecule has 182 valence electrons. The van der Waals surface area contributed by atoms with E-state index in [9.17, 15) is 14.0 Å². The number of ether oxygens (including phenoxy) is 1. The van der Waals surface area contributed by atoms with Crippen molar-refractivity contribution in [3.05, 3.63) is 88.1 Å². The summed E-state index contributed by atoms with van der Waals surface area (Å²) in [7, 11) is 1.54. The molecule has 1 N–H and O–H groups in total. The summed E-state index contributed by atoms with van der Waals surface area (Å²) in [5.41, 5.74) is 2.64. The number of pyridine rings is 1. The minimum Gasteiger partial charge on any atom is -0.495 e. The predicted octanol–water partition coefficient (Wildman–Crippen LogP) is 5.24. The Balaban J connectivity index is 1.50. The highest BCUT2D eigenvalue weighted by Gasteiger charge is 2.18. The lowest BCUT2D eigenvalue weighted by Gasteiger charge is -2.13. The Kier molecular flexibility index (Phi) is 6.71. The number of nitrogens with one attached hydrogen (secondary N) is 1. The average molecular weight is 521 g/mol. The molecular formula is C26H21FN4O3S2. The number of thioether (sulfide) groups is 1. The lowest BCUT2D eigenvalue weighted by Crippen LogP contribution is -2.24. The highest BCUT2D eigenvalue weighted by atomic mass is 32.2. The van der Waals surface area contributed by atoms with Crippen molar-refractivity contribution >= 4 is 55.1 Å². The maximum absolute atomic E-state index is 13.5. The molecule has 0 atom stereocenters. The molecule has 0 spiro atoms. The number of aryl methyl sites for hydroxylation is 1. The largest absolute Gasteiger partial charge is 0.495 e. The summed E-state index contributed by atoms with van der Waals surface area (Å²) in [5.74, 6) is -0.0285. The first kappa shape index (κ1) is 24.0. The second-order valence-electron chi connectivity index (χ2n) is 8.09. The number of halogens is 1. The molecule has 36 heavy (non-hydrogen) atoms. The van der Waals surface area contributed by atoms with Crippen LogP contribution in [-0.4, -0.2) is 33.3 Å². The van der Waals surface area contributed by atoms with Gasteiger partial charge in [0, 0.05) is 11.6 Å². The molecular weight excluding hydrogens is 499 g/mol. The van der Waals surface area contributed by atoms with E-state index < -0.39 is 0 Å². The van der Waals surface area contributed by atoms with Crippen molar-refractivity contribution in [2.45, 2.75) is 18.6 Å². The van der Waals surface area contributed by atoms with Gasteiger partial charge in [0.2, 0.25) is 5.91 Å². The zero-order valence-electron chi connectivity index (χ0n) is 19.4. The molecule has 3 aromatic heterocycles. The Morgan fingerprint density at radius 3 is 2.78 bits per heavy atom. The Bertz CT molecular complexity index is 1650. The molecule has 0 aliphatic carbocycles. The van der Waals surface area contributed by atoms with E-state index in [-0.39, 0.29) is 29.6 Å². The maximum atomic E-state index is 13.5. The number of benzene rings is 2. The lowest BCUT2D eigenvalue weighted by atomic mass is 10.2. The quantitative estimate of drug-likeness (QED) is 0.233. The summed E-state index contributed by atoms with van der Waals surface area (Å²) in [6.07, 6.45) is 1.67. The molecule has 0 saturated heterocycles. The van der Waals surface area contributed by atoms with Crippen LogP contribution in [0.2, 0.25) is 0 Å². The Morgan fingerprint density at radius 1 is 1.19 bits per heavy atom. The molecule has 7 nitrogen and oxygen atoms in total. The average Bonchev–Trinajstić information content (AvgIpc) is 3.25. The Labute approximate surface area is 214 Å². The Morgan fingerprint density at radius 2 is 2.00 bits per heavy atom. The third-order valence-electron chi connectivity index (χ3n) is 5.53. The van der Waals surface area contributed by atoms with Gasteiger partial charge >= 0.3 is 0 Å². The predicted molar refractivity (Wildman–Crippen MR) is 142 cm³/mol. The summed E-state index contributed by atoms with van der Waals surface area (Å²) in [5, 5.41) is 4.06. The first-order valence-electron chi connectivity index (χ1n) is 11.0. The molecule has 0 unspecified atom stereocenters. The van der Waals surface area contributed by atoms with Gasteiger partial charge in [0.15, 0.2) is 5.16 Å². The highest BCUT2D eigenvalue weighted by molar-refractivity contribution is 7.99. The first-order chi connectivity index (χ1) is 17.4. The van der Waals surface area contributed by atoms with Gasteiger partial charge in [-0.3, -0.25) is 14.2 Å². The molecule has 0 aliphatic heterocycles. The van der Waals surface area contributed by atoms with E-state index in [1.165, 1.54) is 28.0 Å². The number of amides is 1. The highest BCUT2D eigenvalue weighted by Crippen LogP contribution is 2.31. The smallest absolute Gasteiger partial charge is 0.272 e. The molecule has 1 amide bonds. The fourth-order valence-corrected chi connectivity index (χ4v) is 5.62. The van der Waals surface area contributed by atoms with Gasteiger partial charge < -0.3 is 10.1 Å². The number of hydrogen-bond acceptors (Lipinski definition) is 7. The van der Waals surface area contributed by atoms with Crippen molar-refractivity contribution in [2.75, 3.05) is 18.2 Å². The number of rotatable bonds is 7. The van der Waals surface area contributed by atoms with Crippen LogP contribution < -0.4 is 15.6 Å². The molecule has 0 bridgehead atoms. The minimum absolute atomic E-state index is 0.0266. The van der Waals surface area contributed by atoms with Gasteiger partial charge in [0.05, 0.1) is 30.6 Å². The van der Waals surface area contributed by atoms with Crippen molar-refractivity contribution in [2.24, 2.45) is 0 Å². The number of nitrogens with zero attached hydrogens (tertiary/aromatic N) is 3. The van der Waals surface area contributed by atoms with Crippen LogP contribution >= 0.6 is 23.1 Å². The fraction of sp³-hybridized carbons (Fsp3) is 0.154. The van der Waals surface area contributed by atoms with Gasteiger partial charge in [-0.2, -0.15) is 0 Å². The third-order valence-corrected chi connectivity index (χ3v) is 7.60. The summed E-state index contributed by atoms with van der Waals surface area (Å²) >= 11 is 2.45. The van der Waals surface area contributed by atoms with E-state index in [2.05, 4.69) is 10.3 Å². The number of anilines is 1. The topological polar surface area (TPSA) is 86.1 Å². The number of carbonyl (C=O) groups is 1. The van der Waals surface area contributed by atoms with Crippen LogP contribution in [-0.2, 0) is 11.3 Å². The van der Waals surface area contributed by atoms with Crippen LogP contribution in [0.3, 0.4) is 0 Å². The van der Waals surface area contributed by atoms with Crippen molar-refractivity contribution in [1.82, 2.24) is 14.5 Å². The summed E-state index contributed by atoms with van der Waals surface area (Å²) in [4.78, 5) is 36.2. The number of methoxy groups -OCH3 is 1. The van der Waals surface area contributed by atoms with Gasteiger partial charge in [-0.1, -0.05) is 30.0 Å². The van der Waals surface area contributed by atoms with E-state index in [1.54, 1.807) is 37.6 Å². The molecule has 0 saturated carbocycles. The van der Waals surface area contributed by atoms with Crippen molar-refractivity contribution < 1.29 is 13.9 Å². The van der Waals surface area contributed by atoms with Crippen LogP contribution in [0.5, 0.6) is 5.75 Å². The van der Waals surface area contributed by atoms with Gasteiger partial charge in [0.25, 0.3) is 5.56 Å². The molecule has 3 heterocycles. The number of fused-ring (bicyclic) bond motifs is 3. The summed E-state index contributed by atoms with van der Waals surface area (Å²) in [6, 6.07) is 15.2. The second-order valence-corrected chi connectivity index (χ2v) is 10.0. The monoisotopic (exact) mass is 520 g/mol. The first-order valence-corrected chi connectivity index (χ1v) is 12.8. The van der Waals surface area contributed by atoms with E-state index in [4.69, 9.17) is 9.72 Å². The van der Waals surface area contributed by atoms with Gasteiger partial charge in [-0.15, -0.1) is 11.3 Å². The number of carbonyl (C=O) groups excluding carboxylic acids is 1. The molecule has 5 aromatic rings. The van der Waals surface area contributed by atoms with Crippen molar-refractivity contribution in [1.29, 1.82) is 0 Å². The fourth-order valence-electron chi connectivity index (χ4n) is 3.80.